The second-order valence-electron chi connectivity index (χ2n) is 9.31. The third-order valence-corrected chi connectivity index (χ3v) is 6.20. The Balaban J connectivity index is 5.18. The molecule has 128 valence electrons. The molecule has 0 fully saturated rings. The number of nitrogens with two attached hydrogens (primary N) is 1. The molecule has 0 saturated carbocycles. The van der Waals surface area contributed by atoms with Gasteiger partial charge in [-0.05, 0) is 47.8 Å². The van der Waals surface area contributed by atoms with Crippen LogP contribution in [0.3, 0.4) is 0 Å². The second kappa shape index (κ2) is 7.99. The zero-order valence-electron chi connectivity index (χ0n) is 16.5. The Kier molecular flexibility index (Phi) is 7.98. The van der Waals surface area contributed by atoms with Crippen LogP contribution >= 0.6 is 0 Å². The first-order chi connectivity index (χ1) is 9.41. The molecule has 0 aromatic rings. The average Bonchev–Trinajstić information content (AvgIpc) is 2.42. The molecule has 0 aromatic heterocycles. The zero-order chi connectivity index (χ0) is 16.9. The van der Waals surface area contributed by atoms with Gasteiger partial charge in [0.1, 0.15) is 0 Å². The van der Waals surface area contributed by atoms with Crippen LogP contribution in [0.4, 0.5) is 0 Å². The van der Waals surface area contributed by atoms with E-state index in [4.69, 9.17) is 5.73 Å². The van der Waals surface area contributed by atoms with Crippen LogP contribution in [0.25, 0.3) is 0 Å². The molecule has 0 aliphatic rings. The van der Waals surface area contributed by atoms with Crippen molar-refractivity contribution in [1.29, 1.82) is 0 Å². The Labute approximate surface area is 135 Å². The highest BCUT2D eigenvalue weighted by Gasteiger charge is 2.41. The molecule has 0 aromatic carbocycles. The maximum atomic E-state index is 6.18. The van der Waals surface area contributed by atoms with Crippen LogP contribution in [0.2, 0.25) is 0 Å². The van der Waals surface area contributed by atoms with Gasteiger partial charge >= 0.3 is 0 Å². The molecule has 2 N–H and O–H groups in total. The van der Waals surface area contributed by atoms with Crippen LogP contribution < -0.4 is 5.73 Å². The van der Waals surface area contributed by atoms with Gasteiger partial charge in [0.05, 0.1) is 0 Å². The van der Waals surface area contributed by atoms with Gasteiger partial charge in [-0.3, -0.25) is 0 Å². The zero-order valence-corrected chi connectivity index (χ0v) is 16.5. The van der Waals surface area contributed by atoms with Crippen molar-refractivity contribution in [2.45, 2.75) is 107 Å². The summed E-state index contributed by atoms with van der Waals surface area (Å²) >= 11 is 0. The Bertz CT molecular complexity index is 288. The minimum absolute atomic E-state index is 0.360. The monoisotopic (exact) mass is 297 g/mol. The molecular weight excluding hydrogens is 254 g/mol. The number of hydrogen-bond acceptors (Lipinski definition) is 1. The van der Waals surface area contributed by atoms with Crippen LogP contribution in [-0.4, -0.2) is 6.04 Å². The van der Waals surface area contributed by atoms with E-state index >= 15 is 0 Å². The van der Waals surface area contributed by atoms with Gasteiger partial charge in [-0.25, -0.2) is 0 Å². The fraction of sp³-hybridized carbons (Fsp3) is 1.00. The minimum atomic E-state index is 0.360. The molecule has 0 bridgehead atoms. The fourth-order valence-corrected chi connectivity index (χ4v) is 3.49. The van der Waals surface area contributed by atoms with Crippen molar-refractivity contribution in [2.24, 2.45) is 27.9 Å². The van der Waals surface area contributed by atoms with E-state index in [-0.39, 0.29) is 0 Å². The Morgan fingerprint density at radius 1 is 0.810 bits per heavy atom. The van der Waals surface area contributed by atoms with Crippen molar-refractivity contribution < 1.29 is 0 Å². The lowest BCUT2D eigenvalue weighted by Crippen LogP contribution is -2.40. The molecule has 0 amide bonds. The van der Waals surface area contributed by atoms with Gasteiger partial charge in [0.25, 0.3) is 0 Å². The highest BCUT2D eigenvalue weighted by molar-refractivity contribution is 4.91. The van der Waals surface area contributed by atoms with Gasteiger partial charge in [0, 0.05) is 6.04 Å². The molecule has 0 rings (SSSR count). The number of hydrogen-bond donors (Lipinski definition) is 1. The van der Waals surface area contributed by atoms with Gasteiger partial charge in [-0.1, -0.05) is 75.2 Å². The van der Waals surface area contributed by atoms with E-state index in [1.54, 1.807) is 0 Å². The predicted octanol–water partition coefficient (Wildman–Crippen LogP) is 6.41. The standard InChI is InChI=1S/C20H43N/c1-10-16(21)13-14-20(8,9)17(19(6,7)12-3)15-18(4,5)11-2/h16-17H,10-15,21H2,1-9H3/t16-,17-/m1/s1. The molecule has 2 atom stereocenters. The van der Waals surface area contributed by atoms with Crippen molar-refractivity contribution >= 4 is 0 Å². The summed E-state index contributed by atoms with van der Waals surface area (Å²) in [5.41, 5.74) is 7.36. The highest BCUT2D eigenvalue weighted by Crippen LogP contribution is 2.50. The Morgan fingerprint density at radius 2 is 1.33 bits per heavy atom. The Morgan fingerprint density at radius 3 is 1.71 bits per heavy atom. The van der Waals surface area contributed by atoms with Crippen molar-refractivity contribution in [1.82, 2.24) is 0 Å². The highest BCUT2D eigenvalue weighted by atomic mass is 14.6. The minimum Gasteiger partial charge on any atom is -0.328 e. The van der Waals surface area contributed by atoms with Crippen LogP contribution in [0.1, 0.15) is 101 Å². The molecule has 0 heterocycles. The van der Waals surface area contributed by atoms with Crippen molar-refractivity contribution in [2.75, 3.05) is 0 Å². The SMILES string of the molecule is CC[C@@H](N)CCC(C)(C)[C@H](CC(C)(C)CC)C(C)(C)CC. The normalized spacial score (nSPS) is 16.9. The maximum Gasteiger partial charge on any atom is 0.00364 e. The van der Waals surface area contributed by atoms with Crippen molar-refractivity contribution in [3.05, 3.63) is 0 Å². The maximum absolute atomic E-state index is 6.18. The van der Waals surface area contributed by atoms with Crippen molar-refractivity contribution in [3.8, 4) is 0 Å². The van der Waals surface area contributed by atoms with E-state index in [1.165, 1.54) is 25.7 Å². The van der Waals surface area contributed by atoms with E-state index in [1.807, 2.05) is 0 Å². The molecule has 0 aliphatic heterocycles. The lowest BCUT2D eigenvalue weighted by atomic mass is 9.57. The first-order valence-electron chi connectivity index (χ1n) is 9.17. The molecule has 1 heteroatoms. The van der Waals surface area contributed by atoms with E-state index in [9.17, 15) is 0 Å². The van der Waals surface area contributed by atoms with Crippen LogP contribution in [-0.2, 0) is 0 Å². The lowest BCUT2D eigenvalue weighted by Gasteiger charge is -2.48. The summed E-state index contributed by atoms with van der Waals surface area (Å²) in [4.78, 5) is 0. The lowest BCUT2D eigenvalue weighted by molar-refractivity contribution is 0.0189. The second-order valence-corrected chi connectivity index (χ2v) is 9.31. The van der Waals surface area contributed by atoms with E-state index < -0.39 is 0 Å². The van der Waals surface area contributed by atoms with E-state index in [2.05, 4.69) is 62.3 Å². The topological polar surface area (TPSA) is 26.0 Å². The molecule has 0 unspecified atom stereocenters. The first kappa shape index (κ1) is 21.0. The average molecular weight is 298 g/mol. The van der Waals surface area contributed by atoms with Gasteiger partial charge in [0.15, 0.2) is 0 Å². The fourth-order valence-electron chi connectivity index (χ4n) is 3.49. The van der Waals surface area contributed by atoms with Gasteiger partial charge in [-0.2, -0.15) is 0 Å². The molecule has 1 nitrogen and oxygen atoms in total. The third kappa shape index (κ3) is 6.72. The molecule has 21 heavy (non-hydrogen) atoms. The first-order valence-corrected chi connectivity index (χ1v) is 9.17. The predicted molar refractivity (Wildman–Crippen MR) is 97.5 cm³/mol. The van der Waals surface area contributed by atoms with Gasteiger partial charge in [-0.15, -0.1) is 0 Å². The summed E-state index contributed by atoms with van der Waals surface area (Å²) in [7, 11) is 0. The molecule has 0 radical (unpaired) electrons. The van der Waals surface area contributed by atoms with Crippen LogP contribution in [0, 0.1) is 22.2 Å². The summed E-state index contributed by atoms with van der Waals surface area (Å²) in [6.45, 7) is 21.6. The summed E-state index contributed by atoms with van der Waals surface area (Å²) < 4.78 is 0. The van der Waals surface area contributed by atoms with Gasteiger partial charge in [0.2, 0.25) is 0 Å². The summed E-state index contributed by atoms with van der Waals surface area (Å²) in [5.74, 6) is 0.744. The van der Waals surface area contributed by atoms with E-state index in [0.717, 1.165) is 18.8 Å². The van der Waals surface area contributed by atoms with Crippen LogP contribution in [0.15, 0.2) is 0 Å². The van der Waals surface area contributed by atoms with Crippen molar-refractivity contribution in [3.63, 3.8) is 0 Å². The third-order valence-electron chi connectivity index (χ3n) is 6.20. The Hall–Kier alpha value is -0.0400. The molecule has 0 spiro atoms. The smallest absolute Gasteiger partial charge is 0.00364 e. The number of rotatable bonds is 10. The molecule has 0 saturated heterocycles. The van der Waals surface area contributed by atoms with E-state index in [0.29, 0.717) is 22.3 Å². The largest absolute Gasteiger partial charge is 0.328 e. The quantitative estimate of drug-likeness (QED) is 0.495. The van der Waals surface area contributed by atoms with Crippen LogP contribution in [0.5, 0.6) is 0 Å². The molecule has 0 aliphatic carbocycles. The summed E-state index contributed by atoms with van der Waals surface area (Å²) in [6, 6.07) is 0.369. The summed E-state index contributed by atoms with van der Waals surface area (Å²) in [5, 5.41) is 0. The summed E-state index contributed by atoms with van der Waals surface area (Å²) in [6.07, 6.45) is 7.33. The molecular formula is C20H43N. The van der Waals surface area contributed by atoms with Gasteiger partial charge < -0.3 is 5.73 Å².